The summed E-state index contributed by atoms with van der Waals surface area (Å²) in [5, 5.41) is 10.6. The number of sulfone groups is 1. The Bertz CT molecular complexity index is 934. The Balaban J connectivity index is 2.07. The molecule has 26 heavy (non-hydrogen) atoms. The number of aryl methyl sites for hydroxylation is 1. The molecule has 0 unspecified atom stereocenters. The summed E-state index contributed by atoms with van der Waals surface area (Å²) in [5.74, 6) is 0.457. The van der Waals surface area contributed by atoms with Gasteiger partial charge < -0.3 is 10.3 Å². The molecule has 0 bridgehead atoms. The van der Waals surface area contributed by atoms with Gasteiger partial charge in [-0.2, -0.15) is 0 Å². The van der Waals surface area contributed by atoms with E-state index in [4.69, 9.17) is 0 Å². The van der Waals surface area contributed by atoms with Crippen molar-refractivity contribution in [3.8, 4) is 11.4 Å². The molecule has 1 aromatic carbocycles. The molecule has 2 N–H and O–H groups in total. The predicted molar refractivity (Wildman–Crippen MR) is 97.4 cm³/mol. The van der Waals surface area contributed by atoms with Gasteiger partial charge in [0.15, 0.2) is 15.7 Å². The van der Waals surface area contributed by atoms with Crippen molar-refractivity contribution < 1.29 is 13.2 Å². The first-order valence-corrected chi connectivity index (χ1v) is 10.1. The molecule has 0 fully saturated rings. The largest absolute Gasteiger partial charge is 0.356 e. The third kappa shape index (κ3) is 5.48. The Labute approximate surface area is 152 Å². The zero-order chi connectivity index (χ0) is 19.3. The molecule has 140 valence electrons. The molecule has 0 radical (unpaired) electrons. The Morgan fingerprint density at radius 2 is 1.85 bits per heavy atom. The molecule has 9 heteroatoms. The number of carbonyl (C=O) groups excluding carboxylic acids is 1. The van der Waals surface area contributed by atoms with Gasteiger partial charge in [0.05, 0.1) is 4.90 Å². The molecule has 0 aliphatic heterocycles. The molecule has 2 aromatic rings. The van der Waals surface area contributed by atoms with E-state index < -0.39 is 15.4 Å². The number of benzene rings is 1. The Morgan fingerprint density at radius 3 is 2.38 bits per heavy atom. The van der Waals surface area contributed by atoms with E-state index >= 15 is 0 Å². The lowest BCUT2D eigenvalue weighted by molar-refractivity contribution is -0.121. The molecule has 0 aliphatic rings. The van der Waals surface area contributed by atoms with E-state index in [1.165, 1.54) is 12.1 Å². The maximum Gasteiger partial charge on any atom is 0.273 e. The fraction of sp³-hybridized carbons (Fsp3) is 0.412. The van der Waals surface area contributed by atoms with Gasteiger partial charge in [-0.3, -0.25) is 9.59 Å². The number of H-pyrrole nitrogens is 1. The van der Waals surface area contributed by atoms with Crippen LogP contribution in [-0.2, 0) is 21.1 Å². The van der Waals surface area contributed by atoms with Crippen molar-refractivity contribution in [2.75, 3.05) is 12.8 Å². The third-order valence-electron chi connectivity index (χ3n) is 3.62. The van der Waals surface area contributed by atoms with Gasteiger partial charge in [0.2, 0.25) is 5.91 Å². The van der Waals surface area contributed by atoms with Gasteiger partial charge in [-0.1, -0.05) is 13.8 Å². The minimum absolute atomic E-state index is 0.139. The first-order valence-electron chi connectivity index (χ1n) is 8.20. The highest BCUT2D eigenvalue weighted by molar-refractivity contribution is 7.90. The molecule has 0 atom stereocenters. The van der Waals surface area contributed by atoms with Gasteiger partial charge in [0, 0.05) is 31.2 Å². The molecule has 1 amide bonds. The molecule has 8 nitrogen and oxygen atoms in total. The van der Waals surface area contributed by atoms with E-state index in [1.54, 1.807) is 12.1 Å². The van der Waals surface area contributed by atoms with Crippen LogP contribution in [0.4, 0.5) is 0 Å². The van der Waals surface area contributed by atoms with E-state index in [-0.39, 0.29) is 35.2 Å². The molecule has 1 heterocycles. The zero-order valence-corrected chi connectivity index (χ0v) is 15.8. The second kappa shape index (κ2) is 8.22. The first kappa shape index (κ1) is 19.8. The van der Waals surface area contributed by atoms with Crippen LogP contribution in [0.2, 0.25) is 0 Å². The van der Waals surface area contributed by atoms with Crippen LogP contribution in [0, 0.1) is 5.92 Å². The van der Waals surface area contributed by atoms with Crippen molar-refractivity contribution in [2.24, 2.45) is 5.92 Å². The van der Waals surface area contributed by atoms with Crippen molar-refractivity contribution >= 4 is 15.7 Å². The lowest BCUT2D eigenvalue weighted by Gasteiger charge is -2.07. The van der Waals surface area contributed by atoms with Gasteiger partial charge in [-0.25, -0.2) is 8.42 Å². The van der Waals surface area contributed by atoms with Crippen molar-refractivity contribution in [3.05, 3.63) is 40.3 Å². The Hall–Kier alpha value is -2.55. The van der Waals surface area contributed by atoms with Gasteiger partial charge in [0.1, 0.15) is 5.69 Å². The van der Waals surface area contributed by atoms with E-state index in [9.17, 15) is 18.0 Å². The number of carbonyl (C=O) groups is 1. The van der Waals surface area contributed by atoms with Gasteiger partial charge in [-0.15, -0.1) is 10.2 Å². The summed E-state index contributed by atoms with van der Waals surface area (Å²) in [7, 11) is -3.29. The average molecular weight is 378 g/mol. The van der Waals surface area contributed by atoms with Crippen molar-refractivity contribution in [1.29, 1.82) is 0 Å². The second-order valence-corrected chi connectivity index (χ2v) is 8.46. The summed E-state index contributed by atoms with van der Waals surface area (Å²) in [6.07, 6.45) is 1.47. The minimum Gasteiger partial charge on any atom is -0.356 e. The number of hydrogen-bond acceptors (Lipinski definition) is 6. The maximum atomic E-state index is 12.1. The van der Waals surface area contributed by atoms with Crippen LogP contribution in [0.5, 0.6) is 0 Å². The second-order valence-electron chi connectivity index (χ2n) is 6.44. The van der Waals surface area contributed by atoms with Gasteiger partial charge in [0.25, 0.3) is 5.56 Å². The average Bonchev–Trinajstić information content (AvgIpc) is 2.58. The number of hydrogen-bond donors (Lipinski definition) is 2. The summed E-state index contributed by atoms with van der Waals surface area (Å²) < 4.78 is 22.9. The molecular weight excluding hydrogens is 356 g/mol. The number of nitrogens with one attached hydrogen (secondary N) is 2. The number of aromatic amines is 1. The fourth-order valence-electron chi connectivity index (χ4n) is 2.15. The Kier molecular flexibility index (Phi) is 6.25. The molecule has 1 aromatic heterocycles. The summed E-state index contributed by atoms with van der Waals surface area (Å²) in [6, 6.07) is 5.99. The topological polar surface area (TPSA) is 122 Å². The molecule has 0 saturated heterocycles. The van der Waals surface area contributed by atoms with E-state index in [1.807, 2.05) is 13.8 Å². The highest BCUT2D eigenvalue weighted by Gasteiger charge is 2.11. The van der Waals surface area contributed by atoms with Crippen molar-refractivity contribution in [2.45, 2.75) is 31.6 Å². The summed E-state index contributed by atoms with van der Waals surface area (Å²) in [5.41, 5.74) is 0.309. The Morgan fingerprint density at radius 1 is 1.19 bits per heavy atom. The monoisotopic (exact) mass is 378 g/mol. The molecule has 0 saturated carbocycles. The maximum absolute atomic E-state index is 12.1. The molecular formula is C17H22N4O4S. The minimum atomic E-state index is -3.29. The van der Waals surface area contributed by atoms with Crippen LogP contribution in [0.1, 0.15) is 26.0 Å². The molecule has 0 aliphatic carbocycles. The summed E-state index contributed by atoms with van der Waals surface area (Å²) in [4.78, 5) is 26.6. The van der Waals surface area contributed by atoms with Crippen LogP contribution >= 0.6 is 0 Å². The van der Waals surface area contributed by atoms with E-state index in [0.29, 0.717) is 18.0 Å². The molecule has 2 rings (SSSR count). The standard InChI is InChI=1S/C17H22N4O4S/c1-11(2)10-18-15(22)9-8-14-17(23)19-16(21-20-14)12-4-6-13(7-5-12)26(3,24)25/h4-7,11H,8-10H2,1-3H3,(H,18,22)(H,19,21,23). The van der Waals surface area contributed by atoms with Gasteiger partial charge >= 0.3 is 0 Å². The van der Waals surface area contributed by atoms with Crippen LogP contribution in [0.25, 0.3) is 11.4 Å². The van der Waals surface area contributed by atoms with E-state index in [0.717, 1.165) is 6.26 Å². The fourth-order valence-corrected chi connectivity index (χ4v) is 2.78. The van der Waals surface area contributed by atoms with Crippen LogP contribution < -0.4 is 10.9 Å². The number of amides is 1. The van der Waals surface area contributed by atoms with Crippen LogP contribution in [0.15, 0.2) is 34.0 Å². The zero-order valence-electron chi connectivity index (χ0n) is 14.9. The highest BCUT2D eigenvalue weighted by atomic mass is 32.2. The lowest BCUT2D eigenvalue weighted by atomic mass is 10.2. The number of rotatable bonds is 7. The lowest BCUT2D eigenvalue weighted by Crippen LogP contribution is -2.28. The SMILES string of the molecule is CC(C)CNC(=O)CCc1nnc(-c2ccc(S(C)(=O)=O)cc2)[nH]c1=O. The summed E-state index contributed by atoms with van der Waals surface area (Å²) >= 11 is 0. The molecule has 0 spiro atoms. The van der Waals surface area contributed by atoms with Crippen molar-refractivity contribution in [3.63, 3.8) is 0 Å². The first-order chi connectivity index (χ1) is 12.2. The quantitative estimate of drug-likeness (QED) is 0.739. The van der Waals surface area contributed by atoms with E-state index in [2.05, 4.69) is 20.5 Å². The smallest absolute Gasteiger partial charge is 0.273 e. The third-order valence-corrected chi connectivity index (χ3v) is 4.75. The normalized spacial score (nSPS) is 11.5. The predicted octanol–water partition coefficient (Wildman–Crippen LogP) is 0.940. The highest BCUT2D eigenvalue weighted by Crippen LogP contribution is 2.16. The number of aromatic nitrogens is 3. The van der Waals surface area contributed by atoms with Crippen molar-refractivity contribution in [1.82, 2.24) is 20.5 Å². The van der Waals surface area contributed by atoms with Crippen LogP contribution in [0.3, 0.4) is 0 Å². The van der Waals surface area contributed by atoms with Crippen LogP contribution in [-0.4, -0.2) is 42.3 Å². The van der Waals surface area contributed by atoms with Gasteiger partial charge in [-0.05, 0) is 30.2 Å². The number of nitrogens with zero attached hydrogens (tertiary/aromatic N) is 2. The summed E-state index contributed by atoms with van der Waals surface area (Å²) in [6.45, 7) is 4.58.